The summed E-state index contributed by atoms with van der Waals surface area (Å²) in [5, 5.41) is 6.90. The molecule has 0 aliphatic heterocycles. The van der Waals surface area contributed by atoms with E-state index in [2.05, 4.69) is 17.6 Å². The smallest absolute Gasteiger partial charge is 0.191 e. The number of aliphatic imine (C=N–C) groups is 1. The van der Waals surface area contributed by atoms with Crippen molar-refractivity contribution >= 4 is 29.9 Å². The second-order valence-corrected chi connectivity index (χ2v) is 6.80. The van der Waals surface area contributed by atoms with Crippen LogP contribution in [0.15, 0.2) is 27.8 Å². The number of unbranched alkanes of at least 4 members (excludes halogenated alkanes) is 1. The van der Waals surface area contributed by atoms with E-state index in [-0.39, 0.29) is 24.0 Å². The highest BCUT2D eigenvalue weighted by Crippen LogP contribution is 2.44. The lowest BCUT2D eigenvalue weighted by Gasteiger charge is -2.40. The molecule has 0 unspecified atom stereocenters. The number of ether oxygens (including phenoxy) is 1. The Morgan fingerprint density at radius 1 is 1.32 bits per heavy atom. The maximum absolute atomic E-state index is 5.38. The molecule has 6 heteroatoms. The minimum Gasteiger partial charge on any atom is -0.469 e. The van der Waals surface area contributed by atoms with Gasteiger partial charge in [-0.25, -0.2) is 0 Å². The molecule has 2 N–H and O–H groups in total. The number of guanidine groups is 1. The van der Waals surface area contributed by atoms with Gasteiger partial charge < -0.3 is 19.8 Å². The van der Waals surface area contributed by atoms with Crippen LogP contribution >= 0.6 is 24.0 Å². The quantitative estimate of drug-likeness (QED) is 0.226. The largest absolute Gasteiger partial charge is 0.469 e. The van der Waals surface area contributed by atoms with Crippen molar-refractivity contribution in [1.29, 1.82) is 0 Å². The molecule has 0 bridgehead atoms. The fourth-order valence-corrected chi connectivity index (χ4v) is 3.05. The molecule has 1 heterocycles. The van der Waals surface area contributed by atoms with Gasteiger partial charge in [-0.3, -0.25) is 4.99 Å². The molecule has 0 atom stereocenters. The molecular weight excluding hydrogens is 429 g/mol. The summed E-state index contributed by atoms with van der Waals surface area (Å²) < 4.78 is 10.7. The van der Waals surface area contributed by atoms with Gasteiger partial charge in [0, 0.05) is 39.8 Å². The summed E-state index contributed by atoms with van der Waals surface area (Å²) in [6, 6.07) is 3.94. The first-order chi connectivity index (χ1) is 11.8. The van der Waals surface area contributed by atoms with Crippen molar-refractivity contribution in [2.24, 2.45) is 10.4 Å². The van der Waals surface area contributed by atoms with Crippen LogP contribution in [0.3, 0.4) is 0 Å². The van der Waals surface area contributed by atoms with Crippen LogP contribution in [0.25, 0.3) is 0 Å². The molecule has 1 fully saturated rings. The Morgan fingerprint density at radius 3 is 2.72 bits per heavy atom. The summed E-state index contributed by atoms with van der Waals surface area (Å²) in [5.41, 5.74) is 0.358. The number of halogens is 1. The van der Waals surface area contributed by atoms with Crippen molar-refractivity contribution in [2.75, 3.05) is 33.4 Å². The zero-order valence-electron chi connectivity index (χ0n) is 15.7. The minimum absolute atomic E-state index is 0. The molecule has 1 aliphatic carbocycles. The highest BCUT2D eigenvalue weighted by atomic mass is 127. The van der Waals surface area contributed by atoms with Crippen LogP contribution in [0.5, 0.6) is 0 Å². The number of methoxy groups -OCH3 is 1. The molecule has 0 aromatic carbocycles. The highest BCUT2D eigenvalue weighted by Gasteiger charge is 2.36. The Kier molecular flexibility index (Phi) is 11.2. The van der Waals surface area contributed by atoms with Gasteiger partial charge in [-0.05, 0) is 43.2 Å². The number of furan rings is 1. The van der Waals surface area contributed by atoms with E-state index in [9.17, 15) is 0 Å². The molecule has 25 heavy (non-hydrogen) atoms. The third-order valence-corrected chi connectivity index (χ3v) is 4.89. The average molecular weight is 463 g/mol. The monoisotopic (exact) mass is 463 g/mol. The number of rotatable bonds is 11. The molecule has 5 nitrogen and oxygen atoms in total. The summed E-state index contributed by atoms with van der Waals surface area (Å²) in [6.07, 6.45) is 9.92. The van der Waals surface area contributed by atoms with Crippen LogP contribution in [0.1, 0.15) is 51.2 Å². The topological polar surface area (TPSA) is 58.8 Å². The first-order valence-electron chi connectivity index (χ1n) is 9.31. The third-order valence-electron chi connectivity index (χ3n) is 4.89. The second-order valence-electron chi connectivity index (χ2n) is 6.80. The Hall–Kier alpha value is -0.760. The maximum atomic E-state index is 5.38. The van der Waals surface area contributed by atoms with Crippen molar-refractivity contribution in [1.82, 2.24) is 10.6 Å². The van der Waals surface area contributed by atoms with E-state index in [0.717, 1.165) is 57.2 Å². The average Bonchev–Trinajstić information content (AvgIpc) is 3.06. The zero-order valence-corrected chi connectivity index (χ0v) is 18.0. The zero-order chi connectivity index (χ0) is 17.1. The fraction of sp³-hybridized carbons (Fsp3) is 0.737. The Bertz CT molecular complexity index is 473. The van der Waals surface area contributed by atoms with Crippen molar-refractivity contribution in [3.8, 4) is 0 Å². The molecule has 1 saturated carbocycles. The van der Waals surface area contributed by atoms with Gasteiger partial charge in [-0.15, -0.1) is 24.0 Å². The molecule has 1 aliphatic rings. The molecule has 1 aromatic rings. The van der Waals surface area contributed by atoms with Gasteiger partial charge in [0.25, 0.3) is 0 Å². The summed E-state index contributed by atoms with van der Waals surface area (Å²) in [6.45, 7) is 5.72. The first-order valence-corrected chi connectivity index (χ1v) is 9.31. The van der Waals surface area contributed by atoms with Crippen molar-refractivity contribution in [3.63, 3.8) is 0 Å². The molecular formula is C19H34IN3O2. The molecule has 2 rings (SSSR count). The van der Waals surface area contributed by atoms with Crippen molar-refractivity contribution in [3.05, 3.63) is 24.2 Å². The van der Waals surface area contributed by atoms with Gasteiger partial charge >= 0.3 is 0 Å². The predicted molar refractivity (Wildman–Crippen MR) is 114 cm³/mol. The SMILES string of the molecule is CCCCNC(=NCC1(CCOC)CCC1)NCCc1ccco1.I. The standard InChI is InChI=1S/C19H33N3O2.HI/c1-3-4-12-20-18(21-13-8-17-7-5-14-24-17)22-16-19(9-6-10-19)11-15-23-2;/h5,7,14H,3-4,6,8-13,15-16H2,1-2H3,(H2,20,21,22);1H. The number of nitrogens with zero attached hydrogens (tertiary/aromatic N) is 1. The second kappa shape index (κ2) is 12.6. The fourth-order valence-electron chi connectivity index (χ4n) is 3.05. The number of hydrogen-bond acceptors (Lipinski definition) is 3. The molecule has 144 valence electrons. The summed E-state index contributed by atoms with van der Waals surface area (Å²) in [7, 11) is 1.78. The molecule has 1 aromatic heterocycles. The predicted octanol–water partition coefficient (Wildman–Crippen LogP) is 3.98. The summed E-state index contributed by atoms with van der Waals surface area (Å²) in [5.74, 6) is 1.93. The molecule has 0 saturated heterocycles. The maximum Gasteiger partial charge on any atom is 0.191 e. The van der Waals surface area contributed by atoms with Crippen LogP contribution in [0, 0.1) is 5.41 Å². The van der Waals surface area contributed by atoms with Gasteiger partial charge in [-0.2, -0.15) is 0 Å². The van der Waals surface area contributed by atoms with Gasteiger partial charge in [-0.1, -0.05) is 19.8 Å². The van der Waals surface area contributed by atoms with Gasteiger partial charge in [0.05, 0.1) is 6.26 Å². The minimum atomic E-state index is 0. The lowest BCUT2D eigenvalue weighted by atomic mass is 9.67. The van der Waals surface area contributed by atoms with E-state index in [1.807, 2.05) is 12.1 Å². The molecule has 0 radical (unpaired) electrons. The van der Waals surface area contributed by atoms with E-state index < -0.39 is 0 Å². The number of nitrogens with one attached hydrogen (secondary N) is 2. The Morgan fingerprint density at radius 2 is 2.12 bits per heavy atom. The van der Waals surface area contributed by atoms with Crippen LogP contribution < -0.4 is 10.6 Å². The normalized spacial score (nSPS) is 16.0. The van der Waals surface area contributed by atoms with Crippen molar-refractivity contribution in [2.45, 2.75) is 51.9 Å². The lowest BCUT2D eigenvalue weighted by molar-refractivity contribution is 0.0778. The summed E-state index contributed by atoms with van der Waals surface area (Å²) in [4.78, 5) is 4.87. The summed E-state index contributed by atoms with van der Waals surface area (Å²) >= 11 is 0. The van der Waals surface area contributed by atoms with Gasteiger partial charge in [0.2, 0.25) is 0 Å². The van der Waals surface area contributed by atoms with Gasteiger partial charge in [0.1, 0.15) is 5.76 Å². The Labute approximate surface area is 169 Å². The lowest BCUT2D eigenvalue weighted by Crippen LogP contribution is -2.41. The molecule has 0 amide bonds. The highest BCUT2D eigenvalue weighted by molar-refractivity contribution is 14.0. The van der Waals surface area contributed by atoms with E-state index in [1.165, 1.54) is 25.7 Å². The number of hydrogen-bond donors (Lipinski definition) is 2. The van der Waals surface area contributed by atoms with E-state index in [1.54, 1.807) is 13.4 Å². The van der Waals surface area contributed by atoms with Gasteiger partial charge in [0.15, 0.2) is 5.96 Å². The first kappa shape index (κ1) is 22.3. The molecule has 0 spiro atoms. The van der Waals surface area contributed by atoms with E-state index in [4.69, 9.17) is 14.1 Å². The van der Waals surface area contributed by atoms with Crippen molar-refractivity contribution < 1.29 is 9.15 Å². The van der Waals surface area contributed by atoms with Crippen LogP contribution in [-0.2, 0) is 11.2 Å². The van der Waals surface area contributed by atoms with E-state index >= 15 is 0 Å². The van der Waals surface area contributed by atoms with Crippen LogP contribution in [0.4, 0.5) is 0 Å². The van der Waals surface area contributed by atoms with Crippen LogP contribution in [0.2, 0.25) is 0 Å². The Balaban J connectivity index is 0.00000312. The van der Waals surface area contributed by atoms with Crippen LogP contribution in [-0.4, -0.2) is 39.3 Å². The third kappa shape index (κ3) is 7.98. The van der Waals surface area contributed by atoms with E-state index in [0.29, 0.717) is 5.41 Å².